The van der Waals surface area contributed by atoms with Gasteiger partial charge in [-0.1, -0.05) is 0 Å². The Morgan fingerprint density at radius 1 is 1.21 bits per heavy atom. The van der Waals surface area contributed by atoms with E-state index in [0.717, 1.165) is 18.4 Å². The maximum Gasteiger partial charge on any atom is 0.179 e. The molecule has 1 aromatic carbocycles. The van der Waals surface area contributed by atoms with Crippen LogP contribution in [0.4, 0.5) is 4.39 Å². The topological polar surface area (TPSA) is 115 Å². The van der Waals surface area contributed by atoms with E-state index in [1.54, 1.807) is 0 Å². The zero-order valence-electron chi connectivity index (χ0n) is 10.3. The summed E-state index contributed by atoms with van der Waals surface area (Å²) in [5.41, 5.74) is 5.11. The molecule has 1 unspecified atom stereocenters. The summed E-state index contributed by atoms with van der Waals surface area (Å²) in [6, 6.07) is 1.69. The third-order valence-corrected chi connectivity index (χ3v) is 4.82. The third-order valence-electron chi connectivity index (χ3n) is 2.41. The molecule has 0 saturated heterocycles. The molecule has 9 heteroatoms. The molecule has 0 amide bonds. The first-order valence-corrected chi connectivity index (χ1v) is 8.88. The highest BCUT2D eigenvalue weighted by molar-refractivity contribution is 7.93. The molecule has 0 heterocycles. The van der Waals surface area contributed by atoms with E-state index in [1.165, 1.54) is 0 Å². The Balaban J connectivity index is 3.78. The Morgan fingerprint density at radius 3 is 2.11 bits per heavy atom. The molecule has 0 aliphatic rings. The van der Waals surface area contributed by atoms with Crippen molar-refractivity contribution >= 4 is 19.7 Å². The lowest BCUT2D eigenvalue weighted by Gasteiger charge is -2.13. The number of aliphatic hydroxyl groups excluding tert-OH is 1. The molecule has 0 aliphatic heterocycles. The van der Waals surface area contributed by atoms with Gasteiger partial charge < -0.3 is 10.8 Å². The average molecular weight is 311 g/mol. The van der Waals surface area contributed by atoms with Crippen LogP contribution in [0, 0.1) is 5.82 Å². The van der Waals surface area contributed by atoms with Crippen molar-refractivity contribution in [3.05, 3.63) is 23.5 Å². The first-order valence-electron chi connectivity index (χ1n) is 5.10. The van der Waals surface area contributed by atoms with Gasteiger partial charge in [0.05, 0.1) is 11.0 Å². The van der Waals surface area contributed by atoms with Crippen LogP contribution in [0.5, 0.6) is 0 Å². The highest BCUT2D eigenvalue weighted by atomic mass is 32.2. The summed E-state index contributed by atoms with van der Waals surface area (Å²) in [6.45, 7) is -0.249. The van der Waals surface area contributed by atoms with Crippen LogP contribution >= 0.6 is 0 Å². The van der Waals surface area contributed by atoms with Crippen molar-refractivity contribution in [2.45, 2.75) is 15.9 Å². The molecule has 19 heavy (non-hydrogen) atoms. The molecule has 0 radical (unpaired) electrons. The minimum Gasteiger partial charge on any atom is -0.387 e. The normalized spacial score (nSPS) is 14.4. The molecule has 0 spiro atoms. The van der Waals surface area contributed by atoms with Gasteiger partial charge in [-0.15, -0.1) is 0 Å². The zero-order valence-corrected chi connectivity index (χ0v) is 11.9. The van der Waals surface area contributed by atoms with Crippen LogP contribution in [0.2, 0.25) is 0 Å². The van der Waals surface area contributed by atoms with E-state index in [2.05, 4.69) is 0 Å². The molecule has 1 aromatic rings. The molecule has 1 atom stereocenters. The number of rotatable bonds is 4. The fraction of sp³-hybridized carbons (Fsp3) is 0.400. The Labute approximate surface area is 110 Å². The van der Waals surface area contributed by atoms with Gasteiger partial charge in [-0.3, -0.25) is 0 Å². The minimum atomic E-state index is -4.06. The maximum atomic E-state index is 13.8. The van der Waals surface area contributed by atoms with Crippen LogP contribution in [0.1, 0.15) is 11.7 Å². The van der Waals surface area contributed by atoms with Crippen LogP contribution in [-0.4, -0.2) is 41.0 Å². The zero-order chi connectivity index (χ0) is 15.0. The maximum absolute atomic E-state index is 13.8. The van der Waals surface area contributed by atoms with Gasteiger partial charge in [-0.2, -0.15) is 0 Å². The quantitative estimate of drug-likeness (QED) is 0.783. The first-order chi connectivity index (χ1) is 8.48. The summed E-state index contributed by atoms with van der Waals surface area (Å²) in [5.74, 6) is -1.23. The standard InChI is InChI=1S/C10H14FNO5S2/c1-18(14,15)9-4-6(8(13)5-12)3-7(11)10(9)19(2,16)17/h3-4,8,13H,5,12H2,1-2H3. The molecule has 3 N–H and O–H groups in total. The number of benzene rings is 1. The number of hydrogen-bond donors (Lipinski definition) is 2. The summed E-state index contributed by atoms with van der Waals surface area (Å²) < 4.78 is 59.9. The van der Waals surface area contributed by atoms with Crippen molar-refractivity contribution in [2.24, 2.45) is 5.73 Å². The van der Waals surface area contributed by atoms with Gasteiger partial charge in [0.1, 0.15) is 10.7 Å². The Kier molecular flexibility index (Phi) is 4.35. The van der Waals surface area contributed by atoms with Crippen molar-refractivity contribution in [3.8, 4) is 0 Å². The van der Waals surface area contributed by atoms with E-state index in [-0.39, 0.29) is 12.1 Å². The predicted octanol–water partition coefficient (Wildman–Crippen LogP) is -0.375. The van der Waals surface area contributed by atoms with E-state index in [4.69, 9.17) is 5.73 Å². The van der Waals surface area contributed by atoms with Gasteiger partial charge in [-0.05, 0) is 17.7 Å². The number of nitrogens with two attached hydrogens (primary N) is 1. The average Bonchev–Trinajstić information content (AvgIpc) is 2.23. The molecule has 0 bridgehead atoms. The number of halogens is 1. The Bertz CT molecular complexity index is 697. The summed E-state index contributed by atoms with van der Waals surface area (Å²) in [7, 11) is -8.04. The van der Waals surface area contributed by atoms with E-state index in [9.17, 15) is 26.3 Å². The molecule has 6 nitrogen and oxygen atoms in total. The molecular formula is C10H14FNO5S2. The number of hydrogen-bond acceptors (Lipinski definition) is 6. The van der Waals surface area contributed by atoms with Crippen LogP contribution in [0.15, 0.2) is 21.9 Å². The van der Waals surface area contributed by atoms with Crippen molar-refractivity contribution < 1.29 is 26.3 Å². The van der Waals surface area contributed by atoms with Gasteiger partial charge in [0.15, 0.2) is 19.7 Å². The van der Waals surface area contributed by atoms with Crippen LogP contribution in [0.25, 0.3) is 0 Å². The lowest BCUT2D eigenvalue weighted by molar-refractivity contribution is 0.186. The Morgan fingerprint density at radius 2 is 1.74 bits per heavy atom. The lowest BCUT2D eigenvalue weighted by atomic mass is 10.1. The molecule has 0 aliphatic carbocycles. The monoisotopic (exact) mass is 311 g/mol. The van der Waals surface area contributed by atoms with Gasteiger partial charge >= 0.3 is 0 Å². The van der Waals surface area contributed by atoms with E-state index < -0.39 is 41.4 Å². The summed E-state index contributed by atoms with van der Waals surface area (Å²) in [4.78, 5) is -1.58. The Hall–Kier alpha value is -1.03. The van der Waals surface area contributed by atoms with Crippen molar-refractivity contribution in [2.75, 3.05) is 19.1 Å². The summed E-state index contributed by atoms with van der Waals surface area (Å²) >= 11 is 0. The fourth-order valence-electron chi connectivity index (χ4n) is 1.55. The van der Waals surface area contributed by atoms with Crippen LogP contribution in [0.3, 0.4) is 0 Å². The highest BCUT2D eigenvalue weighted by Gasteiger charge is 2.27. The van der Waals surface area contributed by atoms with Gasteiger partial charge in [0.25, 0.3) is 0 Å². The second-order valence-electron chi connectivity index (χ2n) is 4.13. The number of aliphatic hydroxyl groups is 1. The minimum absolute atomic E-state index is 0.0900. The smallest absolute Gasteiger partial charge is 0.179 e. The molecular weight excluding hydrogens is 297 g/mol. The van der Waals surface area contributed by atoms with Crippen molar-refractivity contribution in [1.82, 2.24) is 0 Å². The molecule has 0 saturated carbocycles. The predicted molar refractivity (Wildman–Crippen MR) is 66.6 cm³/mol. The van der Waals surface area contributed by atoms with E-state index in [1.807, 2.05) is 0 Å². The highest BCUT2D eigenvalue weighted by Crippen LogP contribution is 2.28. The molecule has 0 fully saturated rings. The van der Waals surface area contributed by atoms with Crippen LogP contribution < -0.4 is 5.73 Å². The largest absolute Gasteiger partial charge is 0.387 e. The molecule has 0 aromatic heterocycles. The van der Waals surface area contributed by atoms with Crippen molar-refractivity contribution in [3.63, 3.8) is 0 Å². The second kappa shape index (κ2) is 5.16. The molecule has 1 rings (SSSR count). The number of sulfone groups is 2. The van der Waals surface area contributed by atoms with Crippen molar-refractivity contribution in [1.29, 1.82) is 0 Å². The summed E-state index contributed by atoms with van der Waals surface area (Å²) in [6.07, 6.45) is 0.192. The lowest BCUT2D eigenvalue weighted by Crippen LogP contribution is -2.15. The fourth-order valence-corrected chi connectivity index (χ4v) is 4.08. The SMILES string of the molecule is CS(=O)(=O)c1cc(C(O)CN)cc(F)c1S(C)(=O)=O. The van der Waals surface area contributed by atoms with Gasteiger partial charge in [0.2, 0.25) is 0 Å². The third kappa shape index (κ3) is 3.50. The van der Waals surface area contributed by atoms with E-state index >= 15 is 0 Å². The molecule has 108 valence electrons. The van der Waals surface area contributed by atoms with Crippen LogP contribution in [-0.2, 0) is 19.7 Å². The second-order valence-corrected chi connectivity index (χ2v) is 8.06. The first kappa shape index (κ1) is 16.0. The summed E-state index contributed by atoms with van der Waals surface area (Å²) in [5, 5.41) is 9.50. The van der Waals surface area contributed by atoms with Gasteiger partial charge in [0, 0.05) is 19.1 Å². The van der Waals surface area contributed by atoms with Gasteiger partial charge in [-0.25, -0.2) is 21.2 Å². The van der Waals surface area contributed by atoms with E-state index in [0.29, 0.717) is 6.26 Å².